The van der Waals surface area contributed by atoms with Crippen molar-refractivity contribution in [3.63, 3.8) is 0 Å². The van der Waals surface area contributed by atoms with E-state index < -0.39 is 11.3 Å². The summed E-state index contributed by atoms with van der Waals surface area (Å²) in [6.07, 6.45) is 14.2. The highest BCUT2D eigenvalue weighted by Crippen LogP contribution is 2.52. The minimum Gasteiger partial charge on any atom is -0.474 e. The lowest BCUT2D eigenvalue weighted by molar-refractivity contribution is -0.140. The number of ether oxygens (including phenoxy) is 1. The molecule has 75 heavy (non-hydrogen) atoms. The number of hydrogen-bond donors (Lipinski definition) is 2. The number of nitrogens with zero attached hydrogens (tertiary/aromatic N) is 8. The predicted molar refractivity (Wildman–Crippen MR) is 281 cm³/mol. The number of carbonyl (C=O) groups is 5. The Morgan fingerprint density at radius 1 is 0.813 bits per heavy atom. The van der Waals surface area contributed by atoms with Crippen LogP contribution in [0.15, 0.2) is 73.2 Å². The van der Waals surface area contributed by atoms with Gasteiger partial charge in [0.1, 0.15) is 17.4 Å². The highest BCUT2D eigenvalue weighted by Gasteiger charge is 2.56. The van der Waals surface area contributed by atoms with Crippen molar-refractivity contribution in [2.45, 2.75) is 139 Å². The maximum atomic E-state index is 15.3. The van der Waals surface area contributed by atoms with Gasteiger partial charge in [0.15, 0.2) is 5.82 Å². The average molecular weight is 1020 g/mol. The molecule has 5 amide bonds. The number of imide groups is 1. The van der Waals surface area contributed by atoms with Crippen LogP contribution in [0.5, 0.6) is 5.88 Å². The van der Waals surface area contributed by atoms with Crippen LogP contribution in [0, 0.1) is 17.7 Å². The van der Waals surface area contributed by atoms with Crippen molar-refractivity contribution in [3.8, 4) is 17.1 Å². The normalized spacial score (nSPS) is 25.9. The number of nitrogens with one attached hydrogen (secondary N) is 2. The van der Waals surface area contributed by atoms with E-state index in [2.05, 4.69) is 57.5 Å². The third kappa shape index (κ3) is 9.22. The van der Waals surface area contributed by atoms with Gasteiger partial charge in [-0.05, 0) is 139 Å². The monoisotopic (exact) mass is 1020 g/mol. The van der Waals surface area contributed by atoms with Gasteiger partial charge in [-0.2, -0.15) is 0 Å². The van der Waals surface area contributed by atoms with Crippen LogP contribution in [0.3, 0.4) is 0 Å². The minimum atomic E-state index is -0.763. The van der Waals surface area contributed by atoms with Crippen molar-refractivity contribution in [2.24, 2.45) is 11.8 Å². The number of pyridine rings is 2. The molecule has 5 aromatic rings. The molecule has 2 aromatic carbocycles. The van der Waals surface area contributed by atoms with Crippen molar-refractivity contribution in [3.05, 3.63) is 90.1 Å². The maximum absolute atomic E-state index is 15.3. The number of aromatic nitrogens is 4. The smallest absolute Gasteiger partial charge is 0.238 e. The summed E-state index contributed by atoms with van der Waals surface area (Å²) in [5, 5.41) is 5.68. The van der Waals surface area contributed by atoms with E-state index in [4.69, 9.17) is 14.7 Å². The number of imidazole rings is 1. The van der Waals surface area contributed by atoms with Gasteiger partial charge in [0.2, 0.25) is 35.4 Å². The van der Waals surface area contributed by atoms with Crippen LogP contribution in [0.25, 0.3) is 22.3 Å². The summed E-state index contributed by atoms with van der Waals surface area (Å²) in [6, 6.07) is 19.1. The van der Waals surface area contributed by atoms with E-state index in [0.717, 1.165) is 59.3 Å². The van der Waals surface area contributed by atoms with Gasteiger partial charge in [-0.3, -0.25) is 29.3 Å². The third-order valence-corrected chi connectivity index (χ3v) is 17.8. The van der Waals surface area contributed by atoms with Crippen molar-refractivity contribution in [1.29, 1.82) is 0 Å². The van der Waals surface area contributed by atoms with Gasteiger partial charge in [0, 0.05) is 80.2 Å². The molecule has 8 heterocycles. The fraction of sp³-hybridized carbons (Fsp3) is 0.517. The van der Waals surface area contributed by atoms with E-state index in [1.165, 1.54) is 25.3 Å². The van der Waals surface area contributed by atoms with Crippen molar-refractivity contribution in [1.82, 2.24) is 39.5 Å². The van der Waals surface area contributed by atoms with E-state index in [-0.39, 0.29) is 65.4 Å². The lowest BCUT2D eigenvalue weighted by Crippen LogP contribution is -2.58. The van der Waals surface area contributed by atoms with Crippen molar-refractivity contribution < 1.29 is 33.1 Å². The molecule has 2 aliphatic carbocycles. The largest absolute Gasteiger partial charge is 0.474 e. The van der Waals surface area contributed by atoms with Crippen LogP contribution in [0.1, 0.15) is 127 Å². The first kappa shape index (κ1) is 49.1. The second kappa shape index (κ2) is 20.1. The summed E-state index contributed by atoms with van der Waals surface area (Å²) in [6.45, 7) is 8.27. The molecule has 0 radical (unpaired) electrons. The molecule has 4 saturated heterocycles. The summed E-state index contributed by atoms with van der Waals surface area (Å²) in [5.41, 5.74) is 5.26. The van der Waals surface area contributed by atoms with Gasteiger partial charge in [-0.15, -0.1) is 0 Å². The number of piperidine rings is 3. The van der Waals surface area contributed by atoms with Gasteiger partial charge in [-0.1, -0.05) is 36.8 Å². The number of halogens is 1. The predicted octanol–water partition coefficient (Wildman–Crippen LogP) is 8.19. The van der Waals surface area contributed by atoms with Crippen LogP contribution in [-0.2, 0) is 29.4 Å². The summed E-state index contributed by atoms with van der Waals surface area (Å²) in [7, 11) is 0. The Balaban J connectivity index is 0.715. The van der Waals surface area contributed by atoms with E-state index in [0.29, 0.717) is 113 Å². The number of amides is 5. The molecule has 1 unspecified atom stereocenters. The fourth-order valence-electron chi connectivity index (χ4n) is 13.4. The Kier molecular flexibility index (Phi) is 13.2. The number of rotatable bonds is 11. The van der Waals surface area contributed by atoms with Crippen LogP contribution < -0.4 is 20.3 Å². The lowest BCUT2D eigenvalue weighted by Gasteiger charge is -2.48. The second-order valence-corrected chi connectivity index (χ2v) is 22.6. The number of benzene rings is 2. The standard InChI is InChI=1S/C58H67FN10O6/c1-35(2)68-34-61-48-31-47(63-53(52(48)68)62-46-9-5-4-8-45(46)59)37-12-17-44-49(28-37)69(41-29-40(30-41)65-23-6-3-7-24-65)57(74)58(44)21-26-66(27-22-58)56(73)39-20-25-67(33-39)55(72)36-10-14-42(15-11-36)75-51-19-13-38(32-60-51)43-16-18-50(70)64-54(43)71/h4-5,8-9,12-13,17,19,28,31-32,34-36,39-43H,3,6-7,10-11,14-16,18,20-27,29-30,33H2,1-2H3,(H,62,63)(H,64,70,71)/t36-,39-,40-,41+,42-,43?/m1/s1. The van der Waals surface area contributed by atoms with Gasteiger partial charge in [0.25, 0.3) is 0 Å². The molecular weight excluding hydrogens is 952 g/mol. The van der Waals surface area contributed by atoms with Crippen LogP contribution in [0.2, 0.25) is 0 Å². The highest BCUT2D eigenvalue weighted by molar-refractivity contribution is 6.09. The molecule has 5 aliphatic heterocycles. The first-order chi connectivity index (χ1) is 36.4. The maximum Gasteiger partial charge on any atom is 0.238 e. The van der Waals surface area contributed by atoms with Crippen LogP contribution in [-0.4, -0.2) is 121 Å². The number of carbonyl (C=O) groups excluding carboxylic acids is 5. The van der Waals surface area contributed by atoms with Gasteiger partial charge < -0.3 is 34.2 Å². The average Bonchev–Trinajstić information content (AvgIpc) is 4.16. The molecule has 6 fully saturated rings. The van der Waals surface area contributed by atoms with E-state index >= 15 is 9.18 Å². The Morgan fingerprint density at radius 2 is 1.59 bits per heavy atom. The van der Waals surface area contributed by atoms with E-state index in [1.54, 1.807) is 36.8 Å². The van der Waals surface area contributed by atoms with Gasteiger partial charge in [-0.25, -0.2) is 19.3 Å². The van der Waals surface area contributed by atoms with Gasteiger partial charge in [0.05, 0.1) is 40.5 Å². The number of likely N-dealkylation sites (tertiary alicyclic amines) is 3. The number of hydrogen-bond acceptors (Lipinski definition) is 11. The summed E-state index contributed by atoms with van der Waals surface area (Å²) >= 11 is 0. The second-order valence-electron chi connectivity index (χ2n) is 22.6. The molecule has 2 N–H and O–H groups in total. The van der Waals surface area contributed by atoms with Crippen molar-refractivity contribution in [2.75, 3.05) is 49.5 Å². The molecule has 2 atom stereocenters. The molecule has 16 nitrogen and oxygen atoms in total. The van der Waals surface area contributed by atoms with Crippen molar-refractivity contribution >= 4 is 57.8 Å². The molecular formula is C58H67FN10O6. The first-order valence-electron chi connectivity index (χ1n) is 27.6. The third-order valence-electron chi connectivity index (χ3n) is 17.8. The zero-order valence-corrected chi connectivity index (χ0v) is 43.0. The molecule has 1 spiro atoms. The topological polar surface area (TPSA) is 175 Å². The molecule has 392 valence electrons. The zero-order valence-electron chi connectivity index (χ0n) is 43.0. The quantitative estimate of drug-likeness (QED) is 0.122. The number of para-hydroxylation sites is 1. The van der Waals surface area contributed by atoms with Crippen LogP contribution in [0.4, 0.5) is 21.6 Å². The Bertz CT molecular complexity index is 3020. The minimum absolute atomic E-state index is 0.0656. The van der Waals surface area contributed by atoms with E-state index in [9.17, 15) is 19.2 Å². The number of anilines is 3. The summed E-state index contributed by atoms with van der Waals surface area (Å²) in [4.78, 5) is 90.4. The molecule has 2 saturated carbocycles. The number of fused-ring (bicyclic) bond motifs is 3. The lowest BCUT2D eigenvalue weighted by atomic mass is 9.73. The fourth-order valence-corrected chi connectivity index (χ4v) is 13.4. The Labute approximate surface area is 436 Å². The Hall–Kier alpha value is -6.75. The molecule has 12 rings (SSSR count). The first-order valence-corrected chi connectivity index (χ1v) is 27.6. The van der Waals surface area contributed by atoms with Crippen LogP contribution >= 0.6 is 0 Å². The summed E-state index contributed by atoms with van der Waals surface area (Å²) in [5.74, 6) is -0.462. The molecule has 3 aromatic heterocycles. The molecule has 0 bridgehead atoms. The summed E-state index contributed by atoms with van der Waals surface area (Å²) < 4.78 is 23.4. The molecule has 17 heteroatoms. The molecule has 7 aliphatic rings. The SMILES string of the molecule is CC(C)n1cnc2cc(-c3ccc4c(c3)N([C@H]3C[C@@H](N5CCCCC5)C3)C(=O)C43CCN(C(=O)[C@@H]4CCN(C(=O)[C@H]5CC[C@H](Oc6ccc(C7CCC(=O)NC7=O)cn6)CC5)C4)CC3)nc(Nc3ccccc3F)c21. The highest BCUT2D eigenvalue weighted by atomic mass is 19.1. The van der Waals surface area contributed by atoms with E-state index in [1.807, 2.05) is 26.5 Å². The zero-order chi connectivity index (χ0) is 51.5. The Morgan fingerprint density at radius 3 is 2.32 bits per heavy atom. The van der Waals surface area contributed by atoms with Gasteiger partial charge >= 0.3 is 0 Å².